The maximum Gasteiger partial charge on any atom is 0.311 e. The highest BCUT2D eigenvalue weighted by atomic mass is 35.5. The van der Waals surface area contributed by atoms with Gasteiger partial charge in [-0.3, -0.25) is 14.4 Å². The van der Waals surface area contributed by atoms with Crippen LogP contribution < -0.4 is 5.32 Å². The number of benzene rings is 2. The van der Waals surface area contributed by atoms with Crippen molar-refractivity contribution in [2.75, 3.05) is 11.9 Å². The molecule has 0 saturated heterocycles. The minimum Gasteiger partial charge on any atom is -0.455 e. The molecule has 6 heteroatoms. The number of halogens is 1. The lowest BCUT2D eigenvalue weighted by Gasteiger charge is -2.16. The van der Waals surface area contributed by atoms with Gasteiger partial charge >= 0.3 is 5.97 Å². The highest BCUT2D eigenvalue weighted by molar-refractivity contribution is 6.31. The second-order valence-corrected chi connectivity index (χ2v) is 7.20. The molecule has 0 radical (unpaired) electrons. The van der Waals surface area contributed by atoms with E-state index in [0.29, 0.717) is 16.3 Å². The Labute approximate surface area is 157 Å². The predicted octanol–water partition coefficient (Wildman–Crippen LogP) is 4.10. The van der Waals surface area contributed by atoms with Gasteiger partial charge in [0.2, 0.25) is 0 Å². The SMILES string of the molecule is CC(C)(C)C(=O)OCC(=O)Nc1ccc(Cl)cc1C(=O)c1ccccc1. The number of amides is 1. The molecule has 0 saturated carbocycles. The molecule has 2 aromatic carbocycles. The number of ketones is 1. The minimum atomic E-state index is -0.699. The van der Waals surface area contributed by atoms with Crippen LogP contribution in [0.2, 0.25) is 5.02 Å². The second kappa shape index (κ2) is 8.15. The molecule has 0 aliphatic heterocycles. The van der Waals surface area contributed by atoms with E-state index < -0.39 is 23.9 Å². The lowest BCUT2D eigenvalue weighted by atomic mass is 9.97. The second-order valence-electron chi connectivity index (χ2n) is 6.76. The topological polar surface area (TPSA) is 72.5 Å². The molecule has 0 fully saturated rings. The smallest absolute Gasteiger partial charge is 0.311 e. The molecule has 0 bridgehead atoms. The quantitative estimate of drug-likeness (QED) is 0.632. The van der Waals surface area contributed by atoms with Crippen molar-refractivity contribution in [3.8, 4) is 0 Å². The summed E-state index contributed by atoms with van der Waals surface area (Å²) in [4.78, 5) is 36.6. The van der Waals surface area contributed by atoms with Crippen molar-refractivity contribution in [3.63, 3.8) is 0 Å². The fourth-order valence-corrected chi connectivity index (χ4v) is 2.26. The molecule has 2 aromatic rings. The van der Waals surface area contributed by atoms with Gasteiger partial charge in [-0.05, 0) is 39.0 Å². The first kappa shape index (κ1) is 19.7. The van der Waals surface area contributed by atoms with Gasteiger partial charge in [0.25, 0.3) is 5.91 Å². The third kappa shape index (κ3) is 5.17. The van der Waals surface area contributed by atoms with E-state index in [2.05, 4.69) is 5.32 Å². The summed E-state index contributed by atoms with van der Waals surface area (Å²) in [6, 6.07) is 13.3. The third-order valence-electron chi connectivity index (χ3n) is 3.48. The largest absolute Gasteiger partial charge is 0.455 e. The van der Waals surface area contributed by atoms with Crippen LogP contribution in [0.25, 0.3) is 0 Å². The Hall–Kier alpha value is -2.66. The molecule has 1 N–H and O–H groups in total. The van der Waals surface area contributed by atoms with E-state index in [0.717, 1.165) is 0 Å². The Bertz CT molecular complexity index is 825. The molecular formula is C20H20ClNO4. The Balaban J connectivity index is 2.16. The van der Waals surface area contributed by atoms with Crippen LogP contribution in [-0.2, 0) is 14.3 Å². The molecule has 1 amide bonds. The lowest BCUT2D eigenvalue weighted by molar-refractivity contribution is -0.155. The van der Waals surface area contributed by atoms with Crippen LogP contribution in [-0.4, -0.2) is 24.3 Å². The molecule has 0 atom stereocenters. The normalized spacial score (nSPS) is 10.9. The summed E-state index contributed by atoms with van der Waals surface area (Å²) in [7, 11) is 0. The van der Waals surface area contributed by atoms with Crippen molar-refractivity contribution in [1.82, 2.24) is 0 Å². The summed E-state index contributed by atoms with van der Waals surface area (Å²) >= 11 is 6.00. The lowest BCUT2D eigenvalue weighted by Crippen LogP contribution is -2.28. The average molecular weight is 374 g/mol. The van der Waals surface area contributed by atoms with Crippen LogP contribution in [0.15, 0.2) is 48.5 Å². The number of ether oxygens (including phenoxy) is 1. The van der Waals surface area contributed by atoms with Gasteiger partial charge in [0, 0.05) is 16.1 Å². The number of hydrogen-bond donors (Lipinski definition) is 1. The van der Waals surface area contributed by atoms with E-state index in [1.165, 1.54) is 6.07 Å². The van der Waals surface area contributed by atoms with Crippen LogP contribution in [0.3, 0.4) is 0 Å². The molecule has 0 aliphatic rings. The molecule has 136 valence electrons. The van der Waals surface area contributed by atoms with Gasteiger partial charge in [-0.1, -0.05) is 41.9 Å². The highest BCUT2D eigenvalue weighted by Gasteiger charge is 2.24. The van der Waals surface area contributed by atoms with Gasteiger partial charge < -0.3 is 10.1 Å². The van der Waals surface area contributed by atoms with E-state index >= 15 is 0 Å². The predicted molar refractivity (Wildman–Crippen MR) is 100 cm³/mol. The van der Waals surface area contributed by atoms with Crippen LogP contribution in [0, 0.1) is 5.41 Å². The van der Waals surface area contributed by atoms with Crippen LogP contribution >= 0.6 is 11.6 Å². The average Bonchev–Trinajstić information content (AvgIpc) is 2.60. The number of anilines is 1. The van der Waals surface area contributed by atoms with Gasteiger partial charge in [0.15, 0.2) is 12.4 Å². The van der Waals surface area contributed by atoms with Gasteiger partial charge in [0.05, 0.1) is 11.1 Å². The van der Waals surface area contributed by atoms with Gasteiger partial charge in [0.1, 0.15) is 0 Å². The van der Waals surface area contributed by atoms with Crippen molar-refractivity contribution < 1.29 is 19.1 Å². The van der Waals surface area contributed by atoms with Gasteiger partial charge in [-0.2, -0.15) is 0 Å². The molecule has 0 spiro atoms. The summed E-state index contributed by atoms with van der Waals surface area (Å²) in [6.07, 6.45) is 0. The first-order chi connectivity index (χ1) is 12.2. The maximum atomic E-state index is 12.7. The van der Waals surface area contributed by atoms with E-state index in [9.17, 15) is 14.4 Å². The number of hydrogen-bond acceptors (Lipinski definition) is 4. The van der Waals surface area contributed by atoms with E-state index in [-0.39, 0.29) is 11.3 Å². The number of carbonyl (C=O) groups excluding carboxylic acids is 3. The Kier molecular flexibility index (Phi) is 6.16. The first-order valence-corrected chi connectivity index (χ1v) is 8.42. The molecular weight excluding hydrogens is 354 g/mol. The van der Waals surface area contributed by atoms with Crippen molar-refractivity contribution in [2.24, 2.45) is 5.41 Å². The number of esters is 1. The summed E-state index contributed by atoms with van der Waals surface area (Å²) in [5.74, 6) is -1.29. The summed E-state index contributed by atoms with van der Waals surface area (Å²) in [5, 5.41) is 2.98. The molecule has 0 aromatic heterocycles. The zero-order chi connectivity index (χ0) is 19.3. The van der Waals surface area contributed by atoms with Crippen LogP contribution in [0.1, 0.15) is 36.7 Å². The van der Waals surface area contributed by atoms with E-state index in [1.54, 1.807) is 63.2 Å². The zero-order valence-electron chi connectivity index (χ0n) is 14.8. The standard InChI is InChI=1S/C20H20ClNO4/c1-20(2,3)19(25)26-12-17(23)22-16-10-9-14(21)11-15(16)18(24)13-7-5-4-6-8-13/h4-11H,12H2,1-3H3,(H,22,23). The highest BCUT2D eigenvalue weighted by Crippen LogP contribution is 2.24. The zero-order valence-corrected chi connectivity index (χ0v) is 15.6. The monoisotopic (exact) mass is 373 g/mol. The van der Waals surface area contributed by atoms with Gasteiger partial charge in [-0.15, -0.1) is 0 Å². The van der Waals surface area contributed by atoms with Crippen LogP contribution in [0.5, 0.6) is 0 Å². The molecule has 2 rings (SSSR count). The first-order valence-electron chi connectivity index (χ1n) is 8.05. The fourth-order valence-electron chi connectivity index (χ4n) is 2.09. The summed E-state index contributed by atoms with van der Waals surface area (Å²) in [5.41, 5.74) is 0.346. The summed E-state index contributed by atoms with van der Waals surface area (Å²) < 4.78 is 4.99. The molecule has 0 aliphatic carbocycles. The summed E-state index contributed by atoms with van der Waals surface area (Å²) in [6.45, 7) is 4.66. The third-order valence-corrected chi connectivity index (χ3v) is 3.72. The van der Waals surface area contributed by atoms with Crippen LogP contribution in [0.4, 0.5) is 5.69 Å². The van der Waals surface area contributed by atoms with Crippen molar-refractivity contribution in [1.29, 1.82) is 0 Å². The number of rotatable bonds is 5. The minimum absolute atomic E-state index is 0.263. The van der Waals surface area contributed by atoms with Crippen molar-refractivity contribution in [2.45, 2.75) is 20.8 Å². The fraction of sp³-hybridized carbons (Fsp3) is 0.250. The van der Waals surface area contributed by atoms with E-state index in [1.807, 2.05) is 0 Å². The maximum absolute atomic E-state index is 12.7. The molecule has 0 unspecified atom stereocenters. The van der Waals surface area contributed by atoms with Crippen molar-refractivity contribution >= 4 is 34.9 Å². The Morgan fingerprint density at radius 2 is 1.69 bits per heavy atom. The van der Waals surface area contributed by atoms with Crippen molar-refractivity contribution in [3.05, 3.63) is 64.7 Å². The van der Waals surface area contributed by atoms with Gasteiger partial charge in [-0.25, -0.2) is 0 Å². The Morgan fingerprint density at radius 3 is 2.31 bits per heavy atom. The van der Waals surface area contributed by atoms with E-state index in [4.69, 9.17) is 16.3 Å². The molecule has 26 heavy (non-hydrogen) atoms. The number of nitrogens with one attached hydrogen (secondary N) is 1. The molecule has 5 nitrogen and oxygen atoms in total. The molecule has 0 heterocycles. The Morgan fingerprint density at radius 1 is 1.04 bits per heavy atom. The number of carbonyl (C=O) groups is 3.